The first-order valence-electron chi connectivity index (χ1n) is 8.53. The van der Waals surface area contributed by atoms with Crippen LogP contribution < -0.4 is 10.6 Å². The first-order chi connectivity index (χ1) is 12.4. The van der Waals surface area contributed by atoms with Crippen molar-refractivity contribution in [2.24, 2.45) is 0 Å². The van der Waals surface area contributed by atoms with Crippen LogP contribution in [0.4, 0.5) is 4.39 Å². The molecule has 2 atom stereocenters. The lowest BCUT2D eigenvalue weighted by molar-refractivity contribution is -0.127. The van der Waals surface area contributed by atoms with Crippen molar-refractivity contribution in [1.82, 2.24) is 10.6 Å². The van der Waals surface area contributed by atoms with Gasteiger partial charge in [0.2, 0.25) is 11.8 Å². The number of amides is 2. The van der Waals surface area contributed by atoms with E-state index in [-0.39, 0.29) is 23.7 Å². The SMILES string of the molecule is CCC(C)NC(=O)C(C)NC(=O)/C=C/c1ccc(-c2ccc(F)cc2)s1. The Labute approximate surface area is 157 Å². The normalized spacial score (nSPS) is 13.4. The molecule has 0 aliphatic heterocycles. The van der Waals surface area contributed by atoms with E-state index in [1.54, 1.807) is 25.1 Å². The molecule has 0 aliphatic carbocycles. The standard InChI is InChI=1S/C20H23FN2O2S/c1-4-13(2)22-20(25)14(3)23-19(24)12-10-17-9-11-18(26-17)15-5-7-16(21)8-6-15/h5-14H,4H2,1-3H3,(H,22,25)(H,23,24)/b12-10+. The zero-order chi connectivity index (χ0) is 19.1. The van der Waals surface area contributed by atoms with Crippen LogP contribution in [0.15, 0.2) is 42.5 Å². The van der Waals surface area contributed by atoms with Gasteiger partial charge in [0, 0.05) is 21.9 Å². The molecule has 6 heteroatoms. The summed E-state index contributed by atoms with van der Waals surface area (Å²) < 4.78 is 13.0. The molecule has 0 bridgehead atoms. The smallest absolute Gasteiger partial charge is 0.244 e. The van der Waals surface area contributed by atoms with Gasteiger partial charge >= 0.3 is 0 Å². The van der Waals surface area contributed by atoms with Crippen LogP contribution in [0, 0.1) is 5.82 Å². The zero-order valence-electron chi connectivity index (χ0n) is 15.1. The van der Waals surface area contributed by atoms with Gasteiger partial charge in [-0.1, -0.05) is 19.1 Å². The van der Waals surface area contributed by atoms with Crippen molar-refractivity contribution < 1.29 is 14.0 Å². The summed E-state index contributed by atoms with van der Waals surface area (Å²) in [6.07, 6.45) is 3.95. The van der Waals surface area contributed by atoms with E-state index in [0.29, 0.717) is 0 Å². The predicted octanol–water partition coefficient (Wildman–Crippen LogP) is 3.99. The third kappa shape index (κ3) is 5.81. The molecule has 0 radical (unpaired) electrons. The molecule has 0 aliphatic rings. The molecule has 1 aromatic heterocycles. The summed E-state index contributed by atoms with van der Waals surface area (Å²) in [6, 6.07) is 9.59. The predicted molar refractivity (Wildman–Crippen MR) is 104 cm³/mol. The highest BCUT2D eigenvalue weighted by atomic mass is 32.1. The van der Waals surface area contributed by atoms with Gasteiger partial charge in [-0.05, 0) is 56.2 Å². The van der Waals surface area contributed by atoms with Gasteiger partial charge < -0.3 is 10.6 Å². The average Bonchev–Trinajstić information content (AvgIpc) is 3.09. The Morgan fingerprint density at radius 3 is 2.46 bits per heavy atom. The minimum absolute atomic E-state index is 0.0772. The fourth-order valence-corrected chi connectivity index (χ4v) is 3.08. The molecule has 0 spiro atoms. The maximum Gasteiger partial charge on any atom is 0.244 e. The van der Waals surface area contributed by atoms with E-state index in [2.05, 4.69) is 10.6 Å². The first-order valence-corrected chi connectivity index (χ1v) is 9.35. The lowest BCUT2D eigenvalue weighted by Crippen LogP contribution is -2.46. The van der Waals surface area contributed by atoms with Crippen molar-refractivity contribution in [3.05, 3.63) is 53.2 Å². The van der Waals surface area contributed by atoms with Crippen LogP contribution in [0.3, 0.4) is 0 Å². The first kappa shape index (κ1) is 19.8. The van der Waals surface area contributed by atoms with Crippen LogP contribution in [0.2, 0.25) is 0 Å². The molecule has 2 rings (SSSR count). The number of hydrogen-bond donors (Lipinski definition) is 2. The maximum atomic E-state index is 13.0. The minimum atomic E-state index is -0.598. The summed E-state index contributed by atoms with van der Waals surface area (Å²) in [6.45, 7) is 5.56. The van der Waals surface area contributed by atoms with Crippen molar-refractivity contribution in [3.63, 3.8) is 0 Å². The van der Waals surface area contributed by atoms with Gasteiger partial charge in [0.05, 0.1) is 0 Å². The van der Waals surface area contributed by atoms with Gasteiger partial charge in [-0.25, -0.2) is 4.39 Å². The summed E-state index contributed by atoms with van der Waals surface area (Å²) in [5.74, 6) is -0.794. The molecular weight excluding hydrogens is 351 g/mol. The Hall–Kier alpha value is -2.47. The number of halogens is 1. The van der Waals surface area contributed by atoms with E-state index < -0.39 is 6.04 Å². The molecular formula is C20H23FN2O2S. The summed E-state index contributed by atoms with van der Waals surface area (Å²) in [5.41, 5.74) is 0.927. The van der Waals surface area contributed by atoms with Gasteiger partial charge in [0.25, 0.3) is 0 Å². The second-order valence-electron chi connectivity index (χ2n) is 6.09. The fraction of sp³-hybridized carbons (Fsp3) is 0.300. The summed E-state index contributed by atoms with van der Waals surface area (Å²) >= 11 is 1.50. The van der Waals surface area contributed by atoms with E-state index in [4.69, 9.17) is 0 Å². The molecule has 2 aromatic rings. The molecule has 138 valence electrons. The third-order valence-corrected chi connectivity index (χ3v) is 5.01. The number of thiophene rings is 1. The van der Waals surface area contributed by atoms with Crippen LogP contribution in [-0.4, -0.2) is 23.9 Å². The van der Waals surface area contributed by atoms with Crippen LogP contribution >= 0.6 is 11.3 Å². The quantitative estimate of drug-likeness (QED) is 0.720. The fourth-order valence-electron chi connectivity index (χ4n) is 2.17. The number of hydrogen-bond acceptors (Lipinski definition) is 3. The van der Waals surface area contributed by atoms with E-state index >= 15 is 0 Å². The van der Waals surface area contributed by atoms with Gasteiger partial charge in [-0.2, -0.15) is 0 Å². The Morgan fingerprint density at radius 1 is 1.12 bits per heavy atom. The second-order valence-corrected chi connectivity index (χ2v) is 7.21. The van der Waals surface area contributed by atoms with E-state index in [1.165, 1.54) is 29.5 Å². The molecule has 2 amide bonds. The van der Waals surface area contributed by atoms with Crippen molar-refractivity contribution >= 4 is 29.2 Å². The highest BCUT2D eigenvalue weighted by Crippen LogP contribution is 2.28. The maximum absolute atomic E-state index is 13.0. The Bertz CT molecular complexity index is 783. The average molecular weight is 374 g/mol. The molecule has 0 saturated carbocycles. The minimum Gasteiger partial charge on any atom is -0.352 e. The third-order valence-electron chi connectivity index (χ3n) is 3.91. The molecule has 1 aromatic carbocycles. The highest BCUT2D eigenvalue weighted by molar-refractivity contribution is 7.16. The van der Waals surface area contributed by atoms with Crippen molar-refractivity contribution in [2.45, 2.75) is 39.3 Å². The van der Waals surface area contributed by atoms with Crippen LogP contribution in [0.1, 0.15) is 32.1 Å². The molecule has 1 heterocycles. The van der Waals surface area contributed by atoms with Crippen LogP contribution in [0.25, 0.3) is 16.5 Å². The summed E-state index contributed by atoms with van der Waals surface area (Å²) in [7, 11) is 0. The van der Waals surface area contributed by atoms with E-state index in [9.17, 15) is 14.0 Å². The van der Waals surface area contributed by atoms with Gasteiger partial charge in [0.15, 0.2) is 0 Å². The summed E-state index contributed by atoms with van der Waals surface area (Å²) in [5, 5.41) is 5.48. The van der Waals surface area contributed by atoms with Gasteiger partial charge in [-0.15, -0.1) is 11.3 Å². The van der Waals surface area contributed by atoms with E-state index in [0.717, 1.165) is 21.7 Å². The molecule has 26 heavy (non-hydrogen) atoms. The molecule has 2 N–H and O–H groups in total. The Kier molecular flexibility index (Phi) is 7.09. The lowest BCUT2D eigenvalue weighted by atomic mass is 10.2. The Morgan fingerprint density at radius 2 is 1.81 bits per heavy atom. The summed E-state index contributed by atoms with van der Waals surface area (Å²) in [4.78, 5) is 25.8. The van der Waals surface area contributed by atoms with Crippen molar-refractivity contribution in [1.29, 1.82) is 0 Å². The number of rotatable bonds is 7. The van der Waals surface area contributed by atoms with Gasteiger partial charge in [0.1, 0.15) is 11.9 Å². The molecule has 4 nitrogen and oxygen atoms in total. The number of nitrogens with one attached hydrogen (secondary N) is 2. The topological polar surface area (TPSA) is 58.2 Å². The molecule has 2 unspecified atom stereocenters. The molecule has 0 saturated heterocycles. The van der Waals surface area contributed by atoms with Gasteiger partial charge in [-0.3, -0.25) is 9.59 Å². The van der Waals surface area contributed by atoms with Crippen LogP contribution in [-0.2, 0) is 9.59 Å². The molecule has 0 fully saturated rings. The second kappa shape index (κ2) is 9.29. The Balaban J connectivity index is 1.92. The zero-order valence-corrected chi connectivity index (χ0v) is 15.9. The van der Waals surface area contributed by atoms with Crippen molar-refractivity contribution in [2.75, 3.05) is 0 Å². The number of carbonyl (C=O) groups is 2. The number of benzene rings is 1. The lowest BCUT2D eigenvalue weighted by Gasteiger charge is -2.16. The monoisotopic (exact) mass is 374 g/mol. The van der Waals surface area contributed by atoms with Crippen LogP contribution in [0.5, 0.6) is 0 Å². The van der Waals surface area contributed by atoms with Crippen molar-refractivity contribution in [3.8, 4) is 10.4 Å². The number of carbonyl (C=O) groups excluding carboxylic acids is 2. The highest BCUT2D eigenvalue weighted by Gasteiger charge is 2.15. The largest absolute Gasteiger partial charge is 0.352 e. The van der Waals surface area contributed by atoms with E-state index in [1.807, 2.05) is 26.0 Å².